The number of furan rings is 1. The summed E-state index contributed by atoms with van der Waals surface area (Å²) in [5.41, 5.74) is 1.60. The lowest BCUT2D eigenvalue weighted by molar-refractivity contribution is 0.0284. The van der Waals surface area contributed by atoms with Gasteiger partial charge in [0.25, 0.3) is 0 Å². The number of aromatic hydroxyl groups is 1. The van der Waals surface area contributed by atoms with Crippen LogP contribution in [-0.4, -0.2) is 24.8 Å². The van der Waals surface area contributed by atoms with Crippen LogP contribution < -0.4 is 10.9 Å². The zero-order valence-electron chi connectivity index (χ0n) is 14.1. The first-order chi connectivity index (χ1) is 12.1. The minimum atomic E-state index is -0.577. The van der Waals surface area contributed by atoms with Crippen molar-refractivity contribution in [2.75, 3.05) is 19.7 Å². The van der Waals surface area contributed by atoms with E-state index in [1.807, 2.05) is 24.3 Å². The monoisotopic (exact) mass is 341 g/mol. The van der Waals surface area contributed by atoms with Crippen molar-refractivity contribution in [3.63, 3.8) is 0 Å². The molecule has 130 valence electrons. The van der Waals surface area contributed by atoms with Crippen LogP contribution in [0.15, 0.2) is 37.9 Å². The van der Waals surface area contributed by atoms with Gasteiger partial charge in [0.05, 0.1) is 18.3 Å². The van der Waals surface area contributed by atoms with Crippen molar-refractivity contribution in [2.24, 2.45) is 0 Å². The van der Waals surface area contributed by atoms with Crippen molar-refractivity contribution in [3.8, 4) is 17.3 Å². The largest absolute Gasteiger partial charge is 0.507 e. The molecule has 0 amide bonds. The molecule has 3 heterocycles. The van der Waals surface area contributed by atoms with Crippen LogP contribution in [0.2, 0.25) is 0 Å². The molecule has 0 aliphatic carbocycles. The van der Waals surface area contributed by atoms with Gasteiger partial charge >= 0.3 is 5.63 Å². The second kappa shape index (κ2) is 6.06. The first kappa shape index (κ1) is 15.9. The predicted molar refractivity (Wildman–Crippen MR) is 92.9 cm³/mol. The van der Waals surface area contributed by atoms with E-state index in [4.69, 9.17) is 13.6 Å². The van der Waals surface area contributed by atoms with Crippen LogP contribution >= 0.6 is 0 Å². The summed E-state index contributed by atoms with van der Waals surface area (Å²) < 4.78 is 17.4. The van der Waals surface area contributed by atoms with Crippen LogP contribution in [0.25, 0.3) is 22.5 Å². The van der Waals surface area contributed by atoms with E-state index in [-0.39, 0.29) is 23.2 Å². The highest BCUT2D eigenvalue weighted by Crippen LogP contribution is 2.41. The van der Waals surface area contributed by atoms with Crippen molar-refractivity contribution in [1.82, 2.24) is 5.32 Å². The average Bonchev–Trinajstić information content (AvgIpc) is 3.03. The van der Waals surface area contributed by atoms with Gasteiger partial charge in [-0.2, -0.15) is 0 Å². The lowest BCUT2D eigenvalue weighted by atomic mass is 10.0. The fourth-order valence-electron chi connectivity index (χ4n) is 3.25. The van der Waals surface area contributed by atoms with E-state index in [2.05, 4.69) is 5.32 Å². The van der Waals surface area contributed by atoms with E-state index >= 15 is 0 Å². The van der Waals surface area contributed by atoms with Gasteiger partial charge in [-0.05, 0) is 19.9 Å². The van der Waals surface area contributed by atoms with E-state index in [1.54, 1.807) is 6.92 Å². The molecule has 1 aliphatic rings. The summed E-state index contributed by atoms with van der Waals surface area (Å²) in [6, 6.07) is 7.63. The molecule has 1 aromatic carbocycles. The Kier molecular flexibility index (Phi) is 3.86. The second-order valence-corrected chi connectivity index (χ2v) is 6.22. The van der Waals surface area contributed by atoms with Gasteiger partial charge in [0.15, 0.2) is 11.5 Å². The van der Waals surface area contributed by atoms with Gasteiger partial charge in [-0.3, -0.25) is 0 Å². The van der Waals surface area contributed by atoms with Gasteiger partial charge in [0.1, 0.15) is 11.3 Å². The average molecular weight is 341 g/mol. The molecular weight excluding hydrogens is 322 g/mol. The first-order valence-corrected chi connectivity index (χ1v) is 8.25. The number of benzene rings is 1. The van der Waals surface area contributed by atoms with Gasteiger partial charge in [-0.15, -0.1) is 0 Å². The number of para-hydroxylation sites is 1. The first-order valence-electron chi connectivity index (χ1n) is 8.25. The number of fused-ring (bicyclic) bond motifs is 1. The van der Waals surface area contributed by atoms with Crippen molar-refractivity contribution in [3.05, 3.63) is 51.4 Å². The van der Waals surface area contributed by atoms with Crippen LogP contribution in [0.1, 0.15) is 22.8 Å². The zero-order valence-corrected chi connectivity index (χ0v) is 14.1. The van der Waals surface area contributed by atoms with Crippen molar-refractivity contribution in [1.29, 1.82) is 0 Å². The molecule has 6 nitrogen and oxygen atoms in total. The molecule has 4 rings (SSSR count). The van der Waals surface area contributed by atoms with Crippen molar-refractivity contribution >= 4 is 11.0 Å². The standard InChI is InChI=1S/C19H19NO5/c1-10-16(21)11(2)19(22)25-17(10)18-15(14-9-20-7-8-23-14)12-5-3-4-6-13(12)24-18/h3-6,14,20-21H,7-9H2,1-2H3. The topological polar surface area (TPSA) is 84.8 Å². The molecule has 0 bridgehead atoms. The highest BCUT2D eigenvalue weighted by molar-refractivity contribution is 5.88. The fourth-order valence-corrected chi connectivity index (χ4v) is 3.25. The summed E-state index contributed by atoms with van der Waals surface area (Å²) in [6.07, 6.45) is -0.222. The third kappa shape index (κ3) is 2.54. The minimum Gasteiger partial charge on any atom is -0.507 e. The quantitative estimate of drug-likeness (QED) is 0.745. The zero-order chi connectivity index (χ0) is 17.6. The van der Waals surface area contributed by atoms with E-state index in [9.17, 15) is 9.90 Å². The Morgan fingerprint density at radius 2 is 1.92 bits per heavy atom. The maximum absolute atomic E-state index is 12.1. The molecule has 6 heteroatoms. The Balaban J connectivity index is 2.01. The molecule has 25 heavy (non-hydrogen) atoms. The maximum atomic E-state index is 12.1. The summed E-state index contributed by atoms with van der Waals surface area (Å²) in [4.78, 5) is 12.1. The number of hydrogen-bond acceptors (Lipinski definition) is 6. The van der Waals surface area contributed by atoms with E-state index < -0.39 is 5.63 Å². The predicted octanol–water partition coefficient (Wildman–Crippen LogP) is 3.04. The molecule has 1 atom stereocenters. The minimum absolute atomic E-state index is 0.0691. The lowest BCUT2D eigenvalue weighted by Gasteiger charge is -2.24. The molecule has 3 aromatic rings. The summed E-state index contributed by atoms with van der Waals surface area (Å²) in [5, 5.41) is 14.5. The third-order valence-corrected chi connectivity index (χ3v) is 4.64. The van der Waals surface area contributed by atoms with E-state index in [0.29, 0.717) is 30.1 Å². The maximum Gasteiger partial charge on any atom is 0.343 e. The van der Waals surface area contributed by atoms with Gasteiger partial charge < -0.3 is 24.0 Å². The van der Waals surface area contributed by atoms with Gasteiger partial charge in [-0.25, -0.2) is 4.79 Å². The molecule has 2 N–H and O–H groups in total. The van der Waals surface area contributed by atoms with Crippen LogP contribution in [0.4, 0.5) is 0 Å². The SMILES string of the molecule is Cc1c(-c2oc3ccccc3c2C2CNCCO2)oc(=O)c(C)c1O. The number of morpholine rings is 1. The Labute approximate surface area is 144 Å². The second-order valence-electron chi connectivity index (χ2n) is 6.22. The Bertz CT molecular complexity index is 995. The summed E-state index contributed by atoms with van der Waals surface area (Å²) in [5.74, 6) is 0.605. The summed E-state index contributed by atoms with van der Waals surface area (Å²) in [6.45, 7) is 5.26. The lowest BCUT2D eigenvalue weighted by Crippen LogP contribution is -2.33. The Hall–Kier alpha value is -2.57. The van der Waals surface area contributed by atoms with Crippen molar-refractivity contribution < 1.29 is 18.7 Å². The number of hydrogen-bond donors (Lipinski definition) is 2. The smallest absolute Gasteiger partial charge is 0.343 e. The van der Waals surface area contributed by atoms with Crippen LogP contribution in [0, 0.1) is 13.8 Å². The molecule has 1 unspecified atom stereocenters. The van der Waals surface area contributed by atoms with Crippen molar-refractivity contribution in [2.45, 2.75) is 20.0 Å². The fraction of sp³-hybridized carbons (Fsp3) is 0.316. The molecule has 1 fully saturated rings. The Morgan fingerprint density at radius 1 is 1.12 bits per heavy atom. The van der Waals surface area contributed by atoms with Crippen LogP contribution in [0.3, 0.4) is 0 Å². The molecule has 0 radical (unpaired) electrons. The Morgan fingerprint density at radius 3 is 2.68 bits per heavy atom. The number of ether oxygens (including phenoxy) is 1. The summed E-state index contributed by atoms with van der Waals surface area (Å²) in [7, 11) is 0. The molecule has 1 saturated heterocycles. The number of nitrogens with one attached hydrogen (secondary N) is 1. The van der Waals surface area contributed by atoms with Gasteiger partial charge in [0.2, 0.25) is 0 Å². The van der Waals surface area contributed by atoms with Gasteiger partial charge in [-0.1, -0.05) is 18.2 Å². The highest BCUT2D eigenvalue weighted by Gasteiger charge is 2.29. The van der Waals surface area contributed by atoms with Crippen LogP contribution in [-0.2, 0) is 4.74 Å². The van der Waals surface area contributed by atoms with Gasteiger partial charge in [0, 0.05) is 29.6 Å². The molecule has 2 aromatic heterocycles. The normalized spacial score (nSPS) is 17.9. The van der Waals surface area contributed by atoms with Crippen LogP contribution in [0.5, 0.6) is 5.75 Å². The highest BCUT2D eigenvalue weighted by atomic mass is 16.5. The molecule has 0 spiro atoms. The molecular formula is C19H19NO5. The van der Waals surface area contributed by atoms with E-state index in [1.165, 1.54) is 6.92 Å². The summed E-state index contributed by atoms with van der Waals surface area (Å²) >= 11 is 0. The number of rotatable bonds is 2. The molecule has 1 aliphatic heterocycles. The van der Waals surface area contributed by atoms with E-state index in [0.717, 1.165) is 17.5 Å². The third-order valence-electron chi connectivity index (χ3n) is 4.64. The molecule has 0 saturated carbocycles.